The molecule has 2 aromatic rings. The van der Waals surface area contributed by atoms with E-state index < -0.39 is 0 Å². The van der Waals surface area contributed by atoms with Crippen LogP contribution >= 0.6 is 0 Å². The first-order chi connectivity index (χ1) is 12.6. The highest BCUT2D eigenvalue weighted by molar-refractivity contribution is 5.81. The number of amides is 2. The molecular weight excluding hydrogens is 324 g/mol. The Morgan fingerprint density at radius 1 is 1.08 bits per heavy atom. The maximum Gasteiger partial charge on any atom is 0.224 e. The average Bonchev–Trinajstić information content (AvgIpc) is 2.70. The number of nitrogens with zero attached hydrogens (tertiary/aromatic N) is 1. The number of likely N-dealkylation sites (tertiary alicyclic amines) is 1. The van der Waals surface area contributed by atoms with Crippen LogP contribution in [0.2, 0.25) is 0 Å². The normalized spacial score (nSPS) is 17.6. The average molecular weight is 350 g/mol. The third-order valence-electron chi connectivity index (χ3n) is 5.42. The van der Waals surface area contributed by atoms with Gasteiger partial charge in [-0.15, -0.1) is 0 Å². The smallest absolute Gasteiger partial charge is 0.224 e. The molecule has 0 radical (unpaired) electrons. The van der Waals surface area contributed by atoms with E-state index in [9.17, 15) is 9.59 Å². The molecule has 1 atom stereocenters. The Bertz CT molecular complexity index is 719. The molecule has 1 heterocycles. The van der Waals surface area contributed by atoms with E-state index in [1.54, 1.807) is 7.05 Å². The second kappa shape index (κ2) is 7.73. The molecule has 0 saturated carbocycles. The van der Waals surface area contributed by atoms with Crippen molar-refractivity contribution in [2.75, 3.05) is 20.1 Å². The molecule has 2 amide bonds. The van der Waals surface area contributed by atoms with E-state index in [1.807, 2.05) is 48.2 Å². The molecule has 26 heavy (non-hydrogen) atoms. The highest BCUT2D eigenvalue weighted by Gasteiger charge is 2.41. The molecule has 0 aliphatic carbocycles. The van der Waals surface area contributed by atoms with Gasteiger partial charge in [0, 0.05) is 32.0 Å². The molecular formula is C22H26N2O2. The second-order valence-corrected chi connectivity index (χ2v) is 7.10. The zero-order chi connectivity index (χ0) is 18.6. The van der Waals surface area contributed by atoms with Crippen LogP contribution in [0.4, 0.5) is 0 Å². The van der Waals surface area contributed by atoms with Crippen LogP contribution in [0, 0.1) is 5.92 Å². The van der Waals surface area contributed by atoms with Crippen LogP contribution in [0.25, 0.3) is 0 Å². The van der Waals surface area contributed by atoms with Gasteiger partial charge in [0.15, 0.2) is 0 Å². The maximum absolute atomic E-state index is 12.6. The molecule has 1 unspecified atom stereocenters. The van der Waals surface area contributed by atoms with Crippen LogP contribution in [0.5, 0.6) is 0 Å². The Balaban J connectivity index is 1.97. The summed E-state index contributed by atoms with van der Waals surface area (Å²) in [6.07, 6.45) is 1.27. The summed E-state index contributed by atoms with van der Waals surface area (Å²) in [7, 11) is 1.63. The van der Waals surface area contributed by atoms with Crippen molar-refractivity contribution in [1.29, 1.82) is 0 Å². The summed E-state index contributed by atoms with van der Waals surface area (Å²) in [6, 6.07) is 20.8. The summed E-state index contributed by atoms with van der Waals surface area (Å²) in [5, 5.41) is 2.68. The van der Waals surface area contributed by atoms with Crippen molar-refractivity contribution >= 4 is 11.8 Å². The Morgan fingerprint density at radius 3 is 2.12 bits per heavy atom. The van der Waals surface area contributed by atoms with Crippen molar-refractivity contribution in [2.45, 2.75) is 25.2 Å². The highest BCUT2D eigenvalue weighted by Crippen LogP contribution is 2.40. The van der Waals surface area contributed by atoms with E-state index in [0.717, 1.165) is 6.42 Å². The zero-order valence-electron chi connectivity index (χ0n) is 15.4. The molecule has 0 spiro atoms. The first kappa shape index (κ1) is 18.2. The lowest BCUT2D eigenvalue weighted by Crippen LogP contribution is -2.51. The fourth-order valence-corrected chi connectivity index (χ4v) is 3.95. The van der Waals surface area contributed by atoms with Crippen LogP contribution in [0.15, 0.2) is 60.7 Å². The van der Waals surface area contributed by atoms with Gasteiger partial charge in [-0.3, -0.25) is 9.59 Å². The molecule has 1 N–H and O–H groups in total. The van der Waals surface area contributed by atoms with E-state index in [-0.39, 0.29) is 23.1 Å². The van der Waals surface area contributed by atoms with Gasteiger partial charge in [0.2, 0.25) is 11.8 Å². The lowest BCUT2D eigenvalue weighted by molar-refractivity contribution is -0.136. The summed E-state index contributed by atoms with van der Waals surface area (Å²) in [4.78, 5) is 26.4. The number of piperidine rings is 1. The molecule has 1 saturated heterocycles. The predicted molar refractivity (Wildman–Crippen MR) is 103 cm³/mol. The quantitative estimate of drug-likeness (QED) is 0.901. The Morgan fingerprint density at radius 2 is 1.62 bits per heavy atom. The molecule has 1 aliphatic heterocycles. The van der Waals surface area contributed by atoms with Gasteiger partial charge < -0.3 is 10.2 Å². The molecule has 4 nitrogen and oxygen atoms in total. The summed E-state index contributed by atoms with van der Waals surface area (Å²) >= 11 is 0. The zero-order valence-corrected chi connectivity index (χ0v) is 15.4. The maximum atomic E-state index is 12.6. The molecule has 4 heteroatoms. The van der Waals surface area contributed by atoms with Gasteiger partial charge >= 0.3 is 0 Å². The first-order valence-electron chi connectivity index (χ1n) is 9.17. The first-order valence-corrected chi connectivity index (χ1v) is 9.17. The van der Waals surface area contributed by atoms with Crippen LogP contribution in [0.1, 0.15) is 30.9 Å². The van der Waals surface area contributed by atoms with E-state index in [0.29, 0.717) is 19.5 Å². The Hall–Kier alpha value is -2.62. The van der Waals surface area contributed by atoms with Crippen molar-refractivity contribution in [3.63, 3.8) is 0 Å². The lowest BCUT2D eigenvalue weighted by atomic mass is 9.69. The van der Waals surface area contributed by atoms with Crippen LogP contribution in [0.3, 0.4) is 0 Å². The monoisotopic (exact) mass is 350 g/mol. The molecule has 136 valence electrons. The number of rotatable bonds is 5. The number of hydrogen-bond donors (Lipinski definition) is 1. The van der Waals surface area contributed by atoms with E-state index in [1.165, 1.54) is 11.1 Å². The molecule has 3 rings (SSSR count). The van der Waals surface area contributed by atoms with Gasteiger partial charge in [-0.1, -0.05) is 67.6 Å². The Labute approximate surface area is 155 Å². The molecule has 0 aromatic heterocycles. The second-order valence-electron chi connectivity index (χ2n) is 7.10. The predicted octanol–water partition coefficient (Wildman–Crippen LogP) is 2.98. The van der Waals surface area contributed by atoms with Crippen LogP contribution in [-0.4, -0.2) is 36.9 Å². The minimum atomic E-state index is -0.237. The largest absolute Gasteiger partial charge is 0.359 e. The van der Waals surface area contributed by atoms with Crippen molar-refractivity contribution in [1.82, 2.24) is 10.2 Å². The fraction of sp³-hybridized carbons (Fsp3) is 0.364. The van der Waals surface area contributed by atoms with Gasteiger partial charge in [0.05, 0.1) is 5.92 Å². The summed E-state index contributed by atoms with van der Waals surface area (Å²) in [6.45, 7) is 2.91. The number of carbonyl (C=O) groups excluding carboxylic acids is 2. The van der Waals surface area contributed by atoms with Gasteiger partial charge in [-0.2, -0.15) is 0 Å². The third-order valence-corrected chi connectivity index (χ3v) is 5.42. The summed E-state index contributed by atoms with van der Waals surface area (Å²) in [5.74, 6) is -0.136. The SMILES string of the molecule is CNC(=O)C(C)CN1CC(c2ccccc2)(c2ccccc2)CCC1=O. The highest BCUT2D eigenvalue weighted by atomic mass is 16.2. The van der Waals surface area contributed by atoms with Gasteiger partial charge in [0.25, 0.3) is 0 Å². The van der Waals surface area contributed by atoms with Gasteiger partial charge in [-0.25, -0.2) is 0 Å². The molecule has 0 bridgehead atoms. The molecule has 1 fully saturated rings. The number of hydrogen-bond acceptors (Lipinski definition) is 2. The number of benzene rings is 2. The summed E-state index contributed by atoms with van der Waals surface area (Å²) < 4.78 is 0. The molecule has 2 aromatic carbocycles. The topological polar surface area (TPSA) is 49.4 Å². The van der Waals surface area contributed by atoms with Crippen LogP contribution in [-0.2, 0) is 15.0 Å². The third kappa shape index (κ3) is 3.50. The van der Waals surface area contributed by atoms with E-state index >= 15 is 0 Å². The minimum Gasteiger partial charge on any atom is -0.359 e. The van der Waals surface area contributed by atoms with E-state index in [2.05, 4.69) is 29.6 Å². The van der Waals surface area contributed by atoms with Gasteiger partial charge in [-0.05, 0) is 17.5 Å². The fourth-order valence-electron chi connectivity index (χ4n) is 3.95. The summed E-state index contributed by atoms with van der Waals surface area (Å²) in [5.41, 5.74) is 2.20. The van der Waals surface area contributed by atoms with Gasteiger partial charge in [0.1, 0.15) is 0 Å². The minimum absolute atomic E-state index is 0.0339. The molecule has 1 aliphatic rings. The number of nitrogens with one attached hydrogen (secondary N) is 1. The lowest BCUT2D eigenvalue weighted by Gasteiger charge is -2.44. The van der Waals surface area contributed by atoms with Crippen molar-refractivity contribution in [3.05, 3.63) is 71.8 Å². The van der Waals surface area contributed by atoms with Crippen molar-refractivity contribution in [3.8, 4) is 0 Å². The Kier molecular flexibility index (Phi) is 5.40. The van der Waals surface area contributed by atoms with E-state index in [4.69, 9.17) is 0 Å². The number of carbonyl (C=O) groups is 2. The van der Waals surface area contributed by atoms with Crippen molar-refractivity contribution < 1.29 is 9.59 Å². The standard InChI is InChI=1S/C22H26N2O2/c1-17(21(26)23-2)15-24-16-22(14-13-20(24)25,18-9-5-3-6-10-18)19-11-7-4-8-12-19/h3-12,17H,13-16H2,1-2H3,(H,23,26). The van der Waals surface area contributed by atoms with Crippen molar-refractivity contribution in [2.24, 2.45) is 5.92 Å². The van der Waals surface area contributed by atoms with Crippen LogP contribution < -0.4 is 5.32 Å².